The fourth-order valence-corrected chi connectivity index (χ4v) is 4.81. The minimum absolute atomic E-state index is 0.0156. The van der Waals surface area contributed by atoms with Gasteiger partial charge in [0, 0.05) is 37.1 Å². The van der Waals surface area contributed by atoms with E-state index >= 15 is 0 Å². The highest BCUT2D eigenvalue weighted by molar-refractivity contribution is 14.1. The van der Waals surface area contributed by atoms with Crippen molar-refractivity contribution in [2.75, 3.05) is 6.61 Å². The number of carbonyl (C=O) groups is 2. The number of hydrogen-bond acceptors (Lipinski definition) is 6. The van der Waals surface area contributed by atoms with E-state index in [-0.39, 0.29) is 43.2 Å². The Labute approximate surface area is 221 Å². The van der Waals surface area contributed by atoms with Gasteiger partial charge in [0.15, 0.2) is 0 Å². The summed E-state index contributed by atoms with van der Waals surface area (Å²) in [4.78, 5) is 60.0. The van der Waals surface area contributed by atoms with Crippen LogP contribution >= 0.6 is 45.2 Å². The van der Waals surface area contributed by atoms with E-state index in [1.807, 2.05) is 19.1 Å². The third-order valence-corrected chi connectivity index (χ3v) is 8.59. The predicted molar refractivity (Wildman–Crippen MR) is 140 cm³/mol. The number of esters is 1. The van der Waals surface area contributed by atoms with E-state index in [4.69, 9.17) is 4.74 Å². The van der Waals surface area contributed by atoms with Gasteiger partial charge in [-0.15, -0.1) is 0 Å². The van der Waals surface area contributed by atoms with E-state index in [0.717, 1.165) is 11.7 Å². The van der Waals surface area contributed by atoms with Gasteiger partial charge in [-0.3, -0.25) is 9.59 Å². The number of imidazole rings is 1. The average molecular weight is 689 g/mol. The molecule has 1 aliphatic rings. The van der Waals surface area contributed by atoms with Crippen LogP contribution in [0.2, 0.25) is 0 Å². The van der Waals surface area contributed by atoms with Crippen LogP contribution in [-0.4, -0.2) is 48.5 Å². The first-order valence-corrected chi connectivity index (χ1v) is 12.6. The van der Waals surface area contributed by atoms with E-state index in [9.17, 15) is 19.2 Å². The molecule has 2 aromatic heterocycles. The molecule has 0 aliphatic carbocycles. The van der Waals surface area contributed by atoms with Gasteiger partial charge in [0.1, 0.15) is 5.82 Å². The first-order chi connectivity index (χ1) is 16.1. The second-order valence-corrected chi connectivity index (χ2v) is 10.2. The topological polar surface area (TPSA) is 119 Å². The van der Waals surface area contributed by atoms with E-state index in [2.05, 4.69) is 55.1 Å². The van der Waals surface area contributed by atoms with Crippen LogP contribution < -0.4 is 11.2 Å². The molecule has 0 unspecified atom stereocenters. The molecule has 10 nitrogen and oxygen atoms in total. The maximum absolute atomic E-state index is 13.3. The highest BCUT2D eigenvalue weighted by Crippen LogP contribution is 2.23. The number of amides is 1. The van der Waals surface area contributed by atoms with Gasteiger partial charge < -0.3 is 19.2 Å². The molecule has 0 spiro atoms. The predicted octanol–water partition coefficient (Wildman–Crippen LogP) is 2.23. The molecule has 34 heavy (non-hydrogen) atoms. The Morgan fingerprint density at radius 2 is 1.97 bits per heavy atom. The van der Waals surface area contributed by atoms with Gasteiger partial charge in [-0.25, -0.2) is 19.1 Å². The summed E-state index contributed by atoms with van der Waals surface area (Å²) in [7, 11) is 1.53. The lowest BCUT2D eigenvalue weighted by Gasteiger charge is -2.34. The first kappa shape index (κ1) is 24.6. The Hall–Kier alpha value is -2.49. The van der Waals surface area contributed by atoms with Gasteiger partial charge in [-0.1, -0.05) is 0 Å². The summed E-state index contributed by atoms with van der Waals surface area (Å²) in [6, 6.07) is 5.23. The molecule has 0 saturated carbocycles. The van der Waals surface area contributed by atoms with Gasteiger partial charge in [-0.2, -0.15) is 0 Å². The number of nitrogens with one attached hydrogen (secondary N) is 1. The average Bonchev–Trinajstić information content (AvgIpc) is 3.16. The van der Waals surface area contributed by atoms with Crippen LogP contribution in [0.1, 0.15) is 46.1 Å². The third-order valence-electron chi connectivity index (χ3n) is 5.72. The van der Waals surface area contributed by atoms with E-state index in [1.165, 1.54) is 17.8 Å². The number of carbonyl (C=O) groups excluding carboxylic acids is 2. The molecule has 1 amide bonds. The molecule has 0 saturated heterocycles. The van der Waals surface area contributed by atoms with E-state index in [1.54, 1.807) is 17.9 Å². The van der Waals surface area contributed by atoms with Crippen molar-refractivity contribution in [3.05, 3.63) is 75.0 Å². The minimum atomic E-state index is -0.673. The summed E-state index contributed by atoms with van der Waals surface area (Å²) in [5.74, 6) is -0.676. The summed E-state index contributed by atoms with van der Waals surface area (Å²) < 4.78 is 9.31. The second kappa shape index (κ2) is 9.64. The lowest BCUT2D eigenvalue weighted by molar-refractivity contribution is 0.0507. The Kier molecular flexibility index (Phi) is 6.98. The molecule has 0 radical (unpaired) electrons. The van der Waals surface area contributed by atoms with Crippen molar-refractivity contribution >= 4 is 57.1 Å². The SMILES string of the molecule is CCOC(=O)c1ncc(-n2c(=O)[nH]c3c(c2=O)C[C@@H](C)N(C(=O)c2ccc(I)c(I)c2)C3)n1C. The maximum atomic E-state index is 13.3. The summed E-state index contributed by atoms with van der Waals surface area (Å²) in [5, 5.41) is 0. The molecule has 3 aromatic rings. The number of fused-ring (bicyclic) bond motifs is 1. The van der Waals surface area contributed by atoms with Crippen LogP contribution in [0.15, 0.2) is 34.0 Å². The summed E-state index contributed by atoms with van der Waals surface area (Å²) in [6.07, 6.45) is 1.57. The standard InChI is InChI=1S/C22H21I2N5O5/c1-4-34-21(32)18-25-9-17(27(18)3)29-20(31)13-7-11(2)28(10-16(13)26-22(29)33)19(30)12-5-6-14(23)15(24)8-12/h5-6,8-9,11H,4,7,10H2,1-3H3,(H,26,33)/t11-/m1/s1. The lowest BCUT2D eigenvalue weighted by atomic mass is 9.98. The Morgan fingerprint density at radius 1 is 1.24 bits per heavy atom. The van der Waals surface area contributed by atoms with Crippen molar-refractivity contribution in [2.24, 2.45) is 7.05 Å². The maximum Gasteiger partial charge on any atom is 0.374 e. The zero-order valence-corrected chi connectivity index (χ0v) is 22.9. The van der Waals surface area contributed by atoms with Gasteiger partial charge in [0.25, 0.3) is 11.5 Å². The second-order valence-electron chi connectivity index (χ2n) is 7.86. The Morgan fingerprint density at radius 3 is 2.65 bits per heavy atom. The van der Waals surface area contributed by atoms with Crippen molar-refractivity contribution in [3.8, 4) is 5.82 Å². The molecule has 0 fully saturated rings. The highest BCUT2D eigenvalue weighted by Gasteiger charge is 2.31. The fraction of sp³-hybridized carbons (Fsp3) is 0.318. The van der Waals surface area contributed by atoms with Crippen LogP contribution in [-0.2, 0) is 24.8 Å². The zero-order valence-electron chi connectivity index (χ0n) is 18.6. The molecule has 12 heteroatoms. The number of aromatic nitrogens is 4. The monoisotopic (exact) mass is 689 g/mol. The van der Waals surface area contributed by atoms with Crippen LogP contribution in [0.5, 0.6) is 0 Å². The van der Waals surface area contributed by atoms with Crippen LogP contribution in [0.25, 0.3) is 5.82 Å². The van der Waals surface area contributed by atoms with Crippen molar-refractivity contribution in [1.82, 2.24) is 24.0 Å². The molecular formula is C22H21I2N5O5. The van der Waals surface area contributed by atoms with Crippen molar-refractivity contribution in [3.63, 3.8) is 0 Å². The molecular weight excluding hydrogens is 668 g/mol. The molecule has 0 bridgehead atoms. The fourth-order valence-electron chi connectivity index (χ4n) is 3.96. The molecule has 1 aliphatic heterocycles. The number of hydrogen-bond donors (Lipinski definition) is 1. The number of ether oxygens (including phenoxy) is 1. The quantitative estimate of drug-likeness (QED) is 0.332. The van der Waals surface area contributed by atoms with Crippen molar-refractivity contribution < 1.29 is 14.3 Å². The molecule has 1 atom stereocenters. The number of aromatic amines is 1. The molecule has 1 aromatic carbocycles. The highest BCUT2D eigenvalue weighted by atomic mass is 127. The van der Waals surface area contributed by atoms with Crippen LogP contribution in [0.4, 0.5) is 0 Å². The van der Waals surface area contributed by atoms with Gasteiger partial charge in [0.2, 0.25) is 5.82 Å². The number of H-pyrrole nitrogens is 1. The van der Waals surface area contributed by atoms with E-state index in [0.29, 0.717) is 16.8 Å². The zero-order chi connectivity index (χ0) is 24.7. The number of halogens is 2. The minimum Gasteiger partial charge on any atom is -0.460 e. The number of benzene rings is 1. The summed E-state index contributed by atoms with van der Waals surface area (Å²) in [5.41, 5.74) is 0.211. The normalized spacial score (nSPS) is 15.2. The number of rotatable bonds is 4. The van der Waals surface area contributed by atoms with E-state index < -0.39 is 17.2 Å². The summed E-state index contributed by atoms with van der Waals surface area (Å²) >= 11 is 4.39. The van der Waals surface area contributed by atoms with Crippen LogP contribution in [0.3, 0.4) is 0 Å². The largest absolute Gasteiger partial charge is 0.460 e. The number of nitrogens with zero attached hydrogens (tertiary/aromatic N) is 4. The molecule has 3 heterocycles. The van der Waals surface area contributed by atoms with Crippen LogP contribution in [0, 0.1) is 7.14 Å². The van der Waals surface area contributed by atoms with Gasteiger partial charge in [-0.05, 0) is 83.6 Å². The lowest BCUT2D eigenvalue weighted by Crippen LogP contribution is -2.48. The van der Waals surface area contributed by atoms with Gasteiger partial charge >= 0.3 is 11.7 Å². The van der Waals surface area contributed by atoms with Gasteiger partial charge in [0.05, 0.1) is 19.3 Å². The van der Waals surface area contributed by atoms with Crippen molar-refractivity contribution in [2.45, 2.75) is 32.9 Å². The molecule has 4 rings (SSSR count). The molecule has 1 N–H and O–H groups in total. The summed E-state index contributed by atoms with van der Waals surface area (Å²) in [6.45, 7) is 3.84. The first-order valence-electron chi connectivity index (χ1n) is 10.5. The third kappa shape index (κ3) is 4.32. The smallest absolute Gasteiger partial charge is 0.374 e. The van der Waals surface area contributed by atoms with Crippen molar-refractivity contribution in [1.29, 1.82) is 0 Å². The Balaban J connectivity index is 1.71. The Bertz CT molecular complexity index is 1420. The molecule has 178 valence electrons.